The molecule has 0 saturated heterocycles. The van der Waals surface area contributed by atoms with Crippen molar-refractivity contribution >= 4 is 11.6 Å². The minimum atomic E-state index is 0.773. The smallest absolute Gasteiger partial charge is 0.122 e. The summed E-state index contributed by atoms with van der Waals surface area (Å²) in [5.74, 6) is 1.00. The van der Waals surface area contributed by atoms with E-state index in [4.69, 9.17) is 16.0 Å². The molecule has 0 aliphatic carbocycles. The molecule has 0 saturated carbocycles. The summed E-state index contributed by atoms with van der Waals surface area (Å²) in [7, 11) is 4.00. The molecule has 0 amide bonds. The Hall–Kier alpha value is -1.29. The van der Waals surface area contributed by atoms with Gasteiger partial charge in [-0.2, -0.15) is 0 Å². The molecule has 1 heterocycles. The van der Waals surface area contributed by atoms with E-state index in [-0.39, 0.29) is 0 Å². The number of hydrogen-bond donors (Lipinski definition) is 1. The Morgan fingerprint density at radius 2 is 1.95 bits per heavy atom. The van der Waals surface area contributed by atoms with Crippen molar-refractivity contribution in [2.75, 3.05) is 14.1 Å². The predicted molar refractivity (Wildman–Crippen MR) is 78.1 cm³/mol. The molecule has 0 spiro atoms. The van der Waals surface area contributed by atoms with Crippen LogP contribution in [0.25, 0.3) is 0 Å². The molecular formula is C15H19ClN2O. The highest BCUT2D eigenvalue weighted by Gasteiger charge is 2.10. The summed E-state index contributed by atoms with van der Waals surface area (Å²) in [6.45, 7) is 2.40. The van der Waals surface area contributed by atoms with Crippen LogP contribution < -0.4 is 5.32 Å². The van der Waals surface area contributed by atoms with Gasteiger partial charge in [0.1, 0.15) is 5.76 Å². The fourth-order valence-corrected chi connectivity index (χ4v) is 2.27. The summed E-state index contributed by atoms with van der Waals surface area (Å²) in [6, 6.07) is 9.94. The van der Waals surface area contributed by atoms with Gasteiger partial charge in [-0.05, 0) is 31.8 Å². The molecule has 0 atom stereocenters. The van der Waals surface area contributed by atoms with Crippen LogP contribution in [0, 0.1) is 0 Å². The van der Waals surface area contributed by atoms with Crippen molar-refractivity contribution in [1.82, 2.24) is 10.2 Å². The van der Waals surface area contributed by atoms with Crippen LogP contribution in [0.3, 0.4) is 0 Å². The standard InChI is InChI=1S/C15H19ClN2O/c1-17-9-12-7-8-19-15(12)11-18(2)10-13-5-3-4-6-14(13)16/h3-8,17H,9-11H2,1-2H3. The first kappa shape index (κ1) is 14.1. The van der Waals surface area contributed by atoms with Crippen LogP contribution in [0.5, 0.6) is 0 Å². The van der Waals surface area contributed by atoms with Crippen molar-refractivity contribution in [2.45, 2.75) is 19.6 Å². The average Bonchev–Trinajstić information content (AvgIpc) is 2.80. The molecule has 0 aliphatic heterocycles. The molecule has 4 heteroatoms. The number of nitrogens with zero attached hydrogens (tertiary/aromatic N) is 1. The maximum Gasteiger partial charge on any atom is 0.122 e. The molecule has 0 fully saturated rings. The molecular weight excluding hydrogens is 260 g/mol. The van der Waals surface area contributed by atoms with Gasteiger partial charge in [0.25, 0.3) is 0 Å². The van der Waals surface area contributed by atoms with Crippen molar-refractivity contribution in [3.8, 4) is 0 Å². The zero-order valence-electron chi connectivity index (χ0n) is 11.3. The number of hydrogen-bond acceptors (Lipinski definition) is 3. The van der Waals surface area contributed by atoms with Gasteiger partial charge in [0.15, 0.2) is 0 Å². The van der Waals surface area contributed by atoms with Gasteiger partial charge in [0.2, 0.25) is 0 Å². The van der Waals surface area contributed by atoms with Crippen molar-refractivity contribution in [2.24, 2.45) is 0 Å². The third-order valence-electron chi connectivity index (χ3n) is 3.02. The molecule has 0 radical (unpaired) electrons. The second-order valence-corrected chi connectivity index (χ2v) is 5.07. The molecule has 0 aliphatic rings. The SMILES string of the molecule is CNCc1ccoc1CN(C)Cc1ccccc1Cl. The highest BCUT2D eigenvalue weighted by molar-refractivity contribution is 6.31. The molecule has 1 aromatic carbocycles. The Morgan fingerprint density at radius 1 is 1.16 bits per heavy atom. The fraction of sp³-hybridized carbons (Fsp3) is 0.333. The molecule has 2 aromatic rings. The Kier molecular flexibility index (Phi) is 5.02. The monoisotopic (exact) mass is 278 g/mol. The van der Waals surface area contributed by atoms with E-state index in [0.717, 1.165) is 36.0 Å². The molecule has 3 nitrogen and oxygen atoms in total. The van der Waals surface area contributed by atoms with Crippen LogP contribution in [-0.2, 0) is 19.6 Å². The highest BCUT2D eigenvalue weighted by atomic mass is 35.5. The molecule has 19 heavy (non-hydrogen) atoms. The van der Waals surface area contributed by atoms with Crippen molar-refractivity contribution < 1.29 is 4.42 Å². The lowest BCUT2D eigenvalue weighted by atomic mass is 10.2. The van der Waals surface area contributed by atoms with E-state index in [1.807, 2.05) is 31.3 Å². The van der Waals surface area contributed by atoms with Gasteiger partial charge in [0, 0.05) is 23.7 Å². The first-order valence-corrected chi connectivity index (χ1v) is 6.70. The Morgan fingerprint density at radius 3 is 2.68 bits per heavy atom. The zero-order valence-corrected chi connectivity index (χ0v) is 12.1. The van der Waals surface area contributed by atoms with E-state index in [1.165, 1.54) is 5.56 Å². The largest absolute Gasteiger partial charge is 0.468 e. The average molecular weight is 279 g/mol. The van der Waals surface area contributed by atoms with Crippen LogP contribution in [-0.4, -0.2) is 19.0 Å². The molecule has 1 N–H and O–H groups in total. The summed E-state index contributed by atoms with van der Waals surface area (Å²) in [5, 5.41) is 3.95. The third-order valence-corrected chi connectivity index (χ3v) is 3.39. The molecule has 1 aromatic heterocycles. The van der Waals surface area contributed by atoms with Crippen LogP contribution in [0.15, 0.2) is 41.0 Å². The molecule has 2 rings (SSSR count). The molecule has 102 valence electrons. The van der Waals surface area contributed by atoms with Gasteiger partial charge >= 0.3 is 0 Å². The summed E-state index contributed by atoms with van der Waals surface area (Å²) in [4.78, 5) is 2.19. The zero-order chi connectivity index (χ0) is 13.7. The van der Waals surface area contributed by atoms with Crippen LogP contribution >= 0.6 is 11.6 Å². The van der Waals surface area contributed by atoms with E-state index in [2.05, 4.69) is 23.3 Å². The second-order valence-electron chi connectivity index (χ2n) is 4.66. The van der Waals surface area contributed by atoms with Crippen molar-refractivity contribution in [3.05, 3.63) is 58.5 Å². The molecule has 0 bridgehead atoms. The minimum Gasteiger partial charge on any atom is -0.468 e. The normalized spacial score (nSPS) is 11.2. The van der Waals surface area contributed by atoms with Crippen LogP contribution in [0.4, 0.5) is 0 Å². The lowest BCUT2D eigenvalue weighted by Gasteiger charge is -2.17. The van der Waals surface area contributed by atoms with Crippen LogP contribution in [0.1, 0.15) is 16.9 Å². The second kappa shape index (κ2) is 6.75. The number of benzene rings is 1. The maximum atomic E-state index is 6.17. The van der Waals surface area contributed by atoms with E-state index in [0.29, 0.717) is 0 Å². The fourth-order valence-electron chi connectivity index (χ4n) is 2.07. The summed E-state index contributed by atoms with van der Waals surface area (Å²) in [5.41, 5.74) is 2.34. The van der Waals surface area contributed by atoms with E-state index in [1.54, 1.807) is 6.26 Å². The first-order chi connectivity index (χ1) is 9.20. The summed E-state index contributed by atoms with van der Waals surface area (Å²) < 4.78 is 5.54. The molecule has 0 unspecified atom stereocenters. The maximum absolute atomic E-state index is 6.17. The number of furan rings is 1. The van der Waals surface area contributed by atoms with E-state index >= 15 is 0 Å². The van der Waals surface area contributed by atoms with Gasteiger partial charge < -0.3 is 9.73 Å². The van der Waals surface area contributed by atoms with E-state index in [9.17, 15) is 0 Å². The Bertz CT molecular complexity index is 524. The minimum absolute atomic E-state index is 0.773. The van der Waals surface area contributed by atoms with Crippen molar-refractivity contribution in [1.29, 1.82) is 0 Å². The predicted octanol–water partition coefficient (Wildman–Crippen LogP) is 3.28. The summed E-state index contributed by atoms with van der Waals surface area (Å²) >= 11 is 6.17. The summed E-state index contributed by atoms with van der Waals surface area (Å²) in [6.07, 6.45) is 1.74. The quantitative estimate of drug-likeness (QED) is 0.879. The first-order valence-electron chi connectivity index (χ1n) is 6.32. The third kappa shape index (κ3) is 3.83. The van der Waals surface area contributed by atoms with Gasteiger partial charge in [-0.3, -0.25) is 4.90 Å². The van der Waals surface area contributed by atoms with Gasteiger partial charge in [0.05, 0.1) is 12.8 Å². The Balaban J connectivity index is 1.99. The van der Waals surface area contributed by atoms with Gasteiger partial charge in [-0.15, -0.1) is 0 Å². The lowest BCUT2D eigenvalue weighted by molar-refractivity contribution is 0.286. The number of halogens is 1. The number of nitrogens with one attached hydrogen (secondary N) is 1. The van der Waals surface area contributed by atoms with Gasteiger partial charge in [-0.25, -0.2) is 0 Å². The van der Waals surface area contributed by atoms with Crippen LogP contribution in [0.2, 0.25) is 5.02 Å². The van der Waals surface area contributed by atoms with E-state index < -0.39 is 0 Å². The van der Waals surface area contributed by atoms with Gasteiger partial charge in [-0.1, -0.05) is 29.8 Å². The topological polar surface area (TPSA) is 28.4 Å². The number of rotatable bonds is 6. The Labute approximate surface area is 119 Å². The van der Waals surface area contributed by atoms with Crippen molar-refractivity contribution in [3.63, 3.8) is 0 Å². The highest BCUT2D eigenvalue weighted by Crippen LogP contribution is 2.18. The lowest BCUT2D eigenvalue weighted by Crippen LogP contribution is -2.18.